The number of hydrogen-bond donors (Lipinski definition) is 1. The number of amides is 1. The summed E-state index contributed by atoms with van der Waals surface area (Å²) in [6.45, 7) is 4.08. The number of rotatable bonds is 5. The van der Waals surface area contributed by atoms with E-state index in [2.05, 4.69) is 20.4 Å². The lowest BCUT2D eigenvalue weighted by Gasteiger charge is -2.30. The lowest BCUT2D eigenvalue weighted by molar-refractivity contribution is 0.0872. The molecule has 134 valence electrons. The highest BCUT2D eigenvalue weighted by Crippen LogP contribution is 2.35. The summed E-state index contributed by atoms with van der Waals surface area (Å²) in [6.07, 6.45) is 7.52. The second-order valence-corrected chi connectivity index (χ2v) is 6.38. The SMILES string of the molecule is CCOc1ncccc1C(=O)NC1(c2noc(C)n2)CCCCCC1. The Hall–Kier alpha value is -2.44. The highest BCUT2D eigenvalue weighted by molar-refractivity contribution is 5.96. The van der Waals surface area contributed by atoms with Gasteiger partial charge in [-0.05, 0) is 31.9 Å². The van der Waals surface area contributed by atoms with Crippen LogP contribution in [0.4, 0.5) is 0 Å². The number of hydrogen-bond acceptors (Lipinski definition) is 6. The number of pyridine rings is 1. The average molecular weight is 344 g/mol. The van der Waals surface area contributed by atoms with E-state index in [0.717, 1.165) is 38.5 Å². The van der Waals surface area contributed by atoms with Gasteiger partial charge in [0.15, 0.2) is 5.82 Å². The minimum atomic E-state index is -0.606. The summed E-state index contributed by atoms with van der Waals surface area (Å²) in [7, 11) is 0. The first kappa shape index (κ1) is 17.4. The molecular formula is C18H24N4O3. The van der Waals surface area contributed by atoms with Crippen molar-refractivity contribution in [3.63, 3.8) is 0 Å². The van der Waals surface area contributed by atoms with Gasteiger partial charge in [0.05, 0.1) is 6.61 Å². The zero-order chi connectivity index (χ0) is 17.7. The maximum atomic E-state index is 13.0. The van der Waals surface area contributed by atoms with Gasteiger partial charge in [-0.15, -0.1) is 0 Å². The van der Waals surface area contributed by atoms with Crippen LogP contribution in [0.5, 0.6) is 5.88 Å². The van der Waals surface area contributed by atoms with Crippen LogP contribution in [-0.2, 0) is 5.54 Å². The molecule has 0 radical (unpaired) electrons. The average Bonchev–Trinajstić information content (AvgIpc) is 2.91. The summed E-state index contributed by atoms with van der Waals surface area (Å²) in [5.41, 5.74) is -0.182. The molecule has 0 saturated heterocycles. The van der Waals surface area contributed by atoms with E-state index in [9.17, 15) is 4.79 Å². The summed E-state index contributed by atoms with van der Waals surface area (Å²) in [6, 6.07) is 3.45. The number of carbonyl (C=O) groups excluding carboxylic acids is 1. The zero-order valence-electron chi connectivity index (χ0n) is 14.7. The second kappa shape index (κ2) is 7.63. The van der Waals surface area contributed by atoms with Crippen LogP contribution in [0.1, 0.15) is 67.5 Å². The summed E-state index contributed by atoms with van der Waals surface area (Å²) < 4.78 is 10.7. The number of aromatic nitrogens is 3. The summed E-state index contributed by atoms with van der Waals surface area (Å²) in [5.74, 6) is 1.18. The highest BCUT2D eigenvalue weighted by atomic mass is 16.5. The van der Waals surface area contributed by atoms with Crippen molar-refractivity contribution in [2.24, 2.45) is 0 Å². The zero-order valence-corrected chi connectivity index (χ0v) is 14.7. The maximum absolute atomic E-state index is 13.0. The minimum Gasteiger partial charge on any atom is -0.477 e. The van der Waals surface area contributed by atoms with Gasteiger partial charge in [-0.3, -0.25) is 4.79 Å². The predicted octanol–water partition coefficient (Wildman–Crippen LogP) is 3.15. The van der Waals surface area contributed by atoms with Crippen LogP contribution in [0.3, 0.4) is 0 Å². The Morgan fingerprint density at radius 3 is 2.72 bits per heavy atom. The van der Waals surface area contributed by atoms with Crippen molar-refractivity contribution in [2.75, 3.05) is 6.61 Å². The molecule has 1 N–H and O–H groups in total. The van der Waals surface area contributed by atoms with Crippen molar-refractivity contribution in [1.29, 1.82) is 0 Å². The molecule has 2 aromatic rings. The van der Waals surface area contributed by atoms with Crippen LogP contribution in [0.2, 0.25) is 0 Å². The third-order valence-corrected chi connectivity index (χ3v) is 4.56. The van der Waals surface area contributed by atoms with Gasteiger partial charge in [0.1, 0.15) is 11.1 Å². The number of aryl methyl sites for hydroxylation is 1. The molecule has 0 aromatic carbocycles. The molecule has 1 fully saturated rings. The van der Waals surface area contributed by atoms with Crippen LogP contribution in [-0.4, -0.2) is 27.6 Å². The molecule has 25 heavy (non-hydrogen) atoms. The van der Waals surface area contributed by atoms with E-state index in [0.29, 0.717) is 29.8 Å². The van der Waals surface area contributed by atoms with E-state index >= 15 is 0 Å². The molecule has 1 saturated carbocycles. The van der Waals surface area contributed by atoms with Crippen molar-refractivity contribution < 1.29 is 14.1 Å². The number of nitrogens with zero attached hydrogens (tertiary/aromatic N) is 3. The summed E-state index contributed by atoms with van der Waals surface area (Å²) in [5, 5.41) is 7.28. The Balaban J connectivity index is 1.91. The van der Waals surface area contributed by atoms with Crippen molar-refractivity contribution in [3.05, 3.63) is 35.6 Å². The molecule has 0 unspecified atom stereocenters. The normalized spacial score (nSPS) is 16.9. The lowest BCUT2D eigenvalue weighted by atomic mass is 9.88. The fourth-order valence-electron chi connectivity index (χ4n) is 3.33. The van der Waals surface area contributed by atoms with Crippen LogP contribution in [0.25, 0.3) is 0 Å². The van der Waals surface area contributed by atoms with E-state index in [1.54, 1.807) is 25.3 Å². The van der Waals surface area contributed by atoms with E-state index in [1.165, 1.54) is 0 Å². The molecule has 1 amide bonds. The smallest absolute Gasteiger partial charge is 0.257 e. The van der Waals surface area contributed by atoms with Crippen molar-refractivity contribution in [1.82, 2.24) is 20.4 Å². The maximum Gasteiger partial charge on any atom is 0.257 e. The van der Waals surface area contributed by atoms with Crippen molar-refractivity contribution in [2.45, 2.75) is 57.9 Å². The molecule has 2 aromatic heterocycles. The first-order chi connectivity index (χ1) is 12.1. The molecule has 7 nitrogen and oxygen atoms in total. The Kier molecular flexibility index (Phi) is 5.31. The van der Waals surface area contributed by atoms with Crippen LogP contribution < -0.4 is 10.1 Å². The predicted molar refractivity (Wildman–Crippen MR) is 91.3 cm³/mol. The standard InChI is InChI=1S/C18H24N4O3/c1-3-24-16-14(9-8-12-19-16)15(23)21-18(10-6-4-5-7-11-18)17-20-13(2)25-22-17/h8-9,12H,3-7,10-11H2,1-2H3,(H,21,23). The van der Waals surface area contributed by atoms with Gasteiger partial charge in [0.2, 0.25) is 11.8 Å². The van der Waals surface area contributed by atoms with Crippen molar-refractivity contribution in [3.8, 4) is 5.88 Å². The molecule has 0 bridgehead atoms. The van der Waals surface area contributed by atoms with E-state index in [1.807, 2.05) is 6.92 Å². The second-order valence-electron chi connectivity index (χ2n) is 6.38. The lowest BCUT2D eigenvalue weighted by Crippen LogP contribution is -2.46. The largest absolute Gasteiger partial charge is 0.477 e. The summed E-state index contributed by atoms with van der Waals surface area (Å²) in [4.78, 5) is 21.6. The highest BCUT2D eigenvalue weighted by Gasteiger charge is 2.39. The van der Waals surface area contributed by atoms with E-state index in [-0.39, 0.29) is 5.91 Å². The van der Waals surface area contributed by atoms with Crippen LogP contribution in [0, 0.1) is 6.92 Å². The number of carbonyl (C=O) groups is 1. The first-order valence-corrected chi connectivity index (χ1v) is 8.86. The Labute approximate surface area is 147 Å². The molecule has 0 aliphatic heterocycles. The molecule has 1 aliphatic rings. The molecule has 3 rings (SSSR count). The van der Waals surface area contributed by atoms with Gasteiger partial charge in [0, 0.05) is 13.1 Å². The van der Waals surface area contributed by atoms with Crippen molar-refractivity contribution >= 4 is 5.91 Å². The van der Waals surface area contributed by atoms with Gasteiger partial charge in [-0.2, -0.15) is 4.98 Å². The summed E-state index contributed by atoms with van der Waals surface area (Å²) >= 11 is 0. The number of nitrogens with one attached hydrogen (secondary N) is 1. The third kappa shape index (κ3) is 3.81. The minimum absolute atomic E-state index is 0.221. The molecular weight excluding hydrogens is 320 g/mol. The van der Waals surface area contributed by atoms with Gasteiger partial charge in [-0.1, -0.05) is 30.8 Å². The van der Waals surface area contributed by atoms with Gasteiger partial charge in [0.25, 0.3) is 5.91 Å². The topological polar surface area (TPSA) is 90.1 Å². The number of ether oxygens (including phenoxy) is 1. The molecule has 0 atom stereocenters. The van der Waals surface area contributed by atoms with Crippen LogP contribution in [0.15, 0.2) is 22.9 Å². The fraction of sp³-hybridized carbons (Fsp3) is 0.556. The fourth-order valence-corrected chi connectivity index (χ4v) is 3.33. The Bertz CT molecular complexity index is 721. The van der Waals surface area contributed by atoms with Gasteiger partial charge < -0.3 is 14.6 Å². The monoisotopic (exact) mass is 344 g/mol. The Morgan fingerprint density at radius 2 is 2.08 bits per heavy atom. The van der Waals surface area contributed by atoms with Gasteiger partial charge in [-0.25, -0.2) is 4.98 Å². The van der Waals surface area contributed by atoms with Crippen LogP contribution >= 0.6 is 0 Å². The van der Waals surface area contributed by atoms with Gasteiger partial charge >= 0.3 is 0 Å². The molecule has 2 heterocycles. The Morgan fingerprint density at radius 1 is 1.32 bits per heavy atom. The molecule has 7 heteroatoms. The van der Waals surface area contributed by atoms with E-state index in [4.69, 9.17) is 9.26 Å². The first-order valence-electron chi connectivity index (χ1n) is 8.86. The molecule has 1 aliphatic carbocycles. The van der Waals surface area contributed by atoms with E-state index < -0.39 is 5.54 Å². The third-order valence-electron chi connectivity index (χ3n) is 4.56. The molecule has 0 spiro atoms. The quantitative estimate of drug-likeness (QED) is 0.838.